The molecule has 4 N–H and O–H groups in total. The molecule has 0 saturated carbocycles. The van der Waals surface area contributed by atoms with Crippen LogP contribution in [0.5, 0.6) is 11.5 Å². The Hall–Kier alpha value is -2.57. The van der Waals surface area contributed by atoms with Crippen LogP contribution in [0.25, 0.3) is 0 Å². The average Bonchev–Trinajstić information content (AvgIpc) is 2.44. The molecule has 0 saturated heterocycles. The van der Waals surface area contributed by atoms with E-state index in [9.17, 15) is 14.7 Å². The highest BCUT2D eigenvalue weighted by atomic mass is 16.4. The zero-order valence-electron chi connectivity index (χ0n) is 12.2. The zero-order valence-corrected chi connectivity index (χ0v) is 12.2. The predicted octanol–water partition coefficient (Wildman–Crippen LogP) is 1.97. The number of phenols is 2. The second kappa shape index (κ2) is 9.38. The molecule has 0 aliphatic rings. The molecule has 0 aromatic heterocycles. The van der Waals surface area contributed by atoms with E-state index in [1.54, 1.807) is 0 Å². The number of aliphatic carboxylic acids is 1. The number of hydrazone groups is 1. The Labute approximate surface area is 128 Å². The van der Waals surface area contributed by atoms with Crippen LogP contribution in [0.4, 0.5) is 0 Å². The Bertz CT molecular complexity index is 543. The van der Waals surface area contributed by atoms with Gasteiger partial charge in [0.2, 0.25) is 5.91 Å². The number of hydrogen-bond acceptors (Lipinski definition) is 5. The summed E-state index contributed by atoms with van der Waals surface area (Å²) in [6.45, 7) is 0. The molecule has 22 heavy (non-hydrogen) atoms. The van der Waals surface area contributed by atoms with Gasteiger partial charge < -0.3 is 15.3 Å². The number of benzene rings is 1. The van der Waals surface area contributed by atoms with Crippen LogP contribution in [0.3, 0.4) is 0 Å². The molecular formula is C15H20N2O5. The highest BCUT2D eigenvalue weighted by Crippen LogP contribution is 2.20. The quantitative estimate of drug-likeness (QED) is 0.316. The summed E-state index contributed by atoms with van der Waals surface area (Å²) in [6.07, 6.45) is 4.63. The minimum Gasteiger partial charge on any atom is -0.508 e. The lowest BCUT2D eigenvalue weighted by molar-refractivity contribution is -0.137. The molecule has 0 heterocycles. The standard InChI is InChI=1S/C15H20N2O5/c18-12-8-7-11(13(19)9-12)10-16-17-14(20)5-3-1-2-4-6-15(21)22/h7-10,18-19H,1-6H2,(H,17,20)(H,21,22)/b16-10+. The number of unbranched alkanes of at least 4 members (excludes halogenated alkanes) is 3. The van der Waals surface area contributed by atoms with E-state index >= 15 is 0 Å². The van der Waals surface area contributed by atoms with Crippen LogP contribution in [-0.2, 0) is 9.59 Å². The lowest BCUT2D eigenvalue weighted by Gasteiger charge is -2.01. The fourth-order valence-electron chi connectivity index (χ4n) is 1.79. The molecule has 0 unspecified atom stereocenters. The first kappa shape index (κ1) is 17.5. The first-order valence-corrected chi connectivity index (χ1v) is 7.04. The van der Waals surface area contributed by atoms with Crippen LogP contribution in [0.2, 0.25) is 0 Å². The summed E-state index contributed by atoms with van der Waals surface area (Å²) in [5.74, 6) is -1.23. The van der Waals surface area contributed by atoms with Crippen molar-refractivity contribution in [1.82, 2.24) is 5.43 Å². The molecule has 120 valence electrons. The van der Waals surface area contributed by atoms with Crippen LogP contribution < -0.4 is 5.43 Å². The van der Waals surface area contributed by atoms with E-state index in [4.69, 9.17) is 10.2 Å². The largest absolute Gasteiger partial charge is 0.508 e. The van der Waals surface area contributed by atoms with Crippen molar-refractivity contribution in [3.8, 4) is 11.5 Å². The van der Waals surface area contributed by atoms with Crippen molar-refractivity contribution < 1.29 is 24.9 Å². The Morgan fingerprint density at radius 1 is 1.09 bits per heavy atom. The van der Waals surface area contributed by atoms with E-state index in [-0.39, 0.29) is 23.8 Å². The second-order valence-electron chi connectivity index (χ2n) is 4.84. The predicted molar refractivity (Wildman–Crippen MR) is 80.8 cm³/mol. The van der Waals surface area contributed by atoms with Crippen LogP contribution >= 0.6 is 0 Å². The normalized spacial score (nSPS) is 10.7. The van der Waals surface area contributed by atoms with Gasteiger partial charge in [-0.25, -0.2) is 5.43 Å². The minimum atomic E-state index is -0.801. The van der Waals surface area contributed by atoms with E-state index in [0.717, 1.165) is 12.8 Å². The first-order valence-electron chi connectivity index (χ1n) is 7.04. The van der Waals surface area contributed by atoms with Crippen molar-refractivity contribution >= 4 is 18.1 Å². The number of nitrogens with one attached hydrogen (secondary N) is 1. The minimum absolute atomic E-state index is 0.0541. The van der Waals surface area contributed by atoms with Gasteiger partial charge >= 0.3 is 5.97 Å². The Balaban J connectivity index is 2.20. The van der Waals surface area contributed by atoms with Crippen molar-refractivity contribution in [2.45, 2.75) is 38.5 Å². The highest BCUT2D eigenvalue weighted by Gasteiger charge is 2.02. The average molecular weight is 308 g/mol. The van der Waals surface area contributed by atoms with E-state index < -0.39 is 5.97 Å². The van der Waals surface area contributed by atoms with Gasteiger partial charge in [-0.15, -0.1) is 0 Å². The van der Waals surface area contributed by atoms with Crippen LogP contribution in [0.1, 0.15) is 44.1 Å². The van der Waals surface area contributed by atoms with Crippen molar-refractivity contribution in [3.05, 3.63) is 23.8 Å². The van der Waals surface area contributed by atoms with Gasteiger partial charge in [0.25, 0.3) is 0 Å². The monoisotopic (exact) mass is 308 g/mol. The summed E-state index contributed by atoms with van der Waals surface area (Å²) >= 11 is 0. The third-order valence-electron chi connectivity index (χ3n) is 2.95. The second-order valence-corrected chi connectivity index (χ2v) is 4.84. The van der Waals surface area contributed by atoms with Crippen molar-refractivity contribution in [2.75, 3.05) is 0 Å². The fraction of sp³-hybridized carbons (Fsp3) is 0.400. The van der Waals surface area contributed by atoms with E-state index in [0.29, 0.717) is 24.8 Å². The maximum absolute atomic E-state index is 11.5. The SMILES string of the molecule is O=C(O)CCCCCCC(=O)N/N=C/c1ccc(O)cc1O. The molecular weight excluding hydrogens is 288 g/mol. The molecule has 7 heteroatoms. The maximum atomic E-state index is 11.5. The fourth-order valence-corrected chi connectivity index (χ4v) is 1.79. The van der Waals surface area contributed by atoms with Crippen molar-refractivity contribution in [3.63, 3.8) is 0 Å². The summed E-state index contributed by atoms with van der Waals surface area (Å²) in [7, 11) is 0. The molecule has 1 aromatic carbocycles. The van der Waals surface area contributed by atoms with Crippen molar-refractivity contribution in [1.29, 1.82) is 0 Å². The topological polar surface area (TPSA) is 119 Å². The third kappa shape index (κ3) is 7.28. The maximum Gasteiger partial charge on any atom is 0.303 e. The van der Waals surface area contributed by atoms with Gasteiger partial charge in [-0.05, 0) is 25.0 Å². The number of carbonyl (C=O) groups is 2. The van der Waals surface area contributed by atoms with Gasteiger partial charge in [0.15, 0.2) is 0 Å². The number of carbonyl (C=O) groups excluding carboxylic acids is 1. The smallest absolute Gasteiger partial charge is 0.303 e. The van der Waals surface area contributed by atoms with E-state index in [2.05, 4.69) is 10.5 Å². The molecule has 7 nitrogen and oxygen atoms in total. The Morgan fingerprint density at radius 3 is 2.41 bits per heavy atom. The number of rotatable bonds is 9. The first-order chi connectivity index (χ1) is 10.5. The van der Waals surface area contributed by atoms with Gasteiger partial charge in [-0.1, -0.05) is 12.8 Å². The molecule has 0 spiro atoms. The summed E-state index contributed by atoms with van der Waals surface area (Å²) in [6, 6.07) is 4.06. The molecule has 0 atom stereocenters. The van der Waals surface area contributed by atoms with E-state index in [1.165, 1.54) is 24.4 Å². The Morgan fingerprint density at radius 2 is 1.77 bits per heavy atom. The van der Waals surface area contributed by atoms with Crippen LogP contribution in [0, 0.1) is 0 Å². The van der Waals surface area contributed by atoms with Gasteiger partial charge in [-0.2, -0.15) is 5.10 Å². The van der Waals surface area contributed by atoms with E-state index in [1.807, 2.05) is 0 Å². The van der Waals surface area contributed by atoms with Gasteiger partial charge in [0.1, 0.15) is 11.5 Å². The molecule has 0 aliphatic heterocycles. The van der Waals surface area contributed by atoms with Crippen molar-refractivity contribution in [2.24, 2.45) is 5.10 Å². The number of phenolic OH excluding ortho intramolecular Hbond substituents is 2. The van der Waals surface area contributed by atoms with Gasteiger partial charge in [0.05, 0.1) is 6.21 Å². The highest BCUT2D eigenvalue weighted by molar-refractivity contribution is 5.85. The lowest BCUT2D eigenvalue weighted by Crippen LogP contribution is -2.16. The summed E-state index contributed by atoms with van der Waals surface area (Å²) in [5.41, 5.74) is 2.73. The molecule has 1 aromatic rings. The summed E-state index contributed by atoms with van der Waals surface area (Å²) < 4.78 is 0. The summed E-state index contributed by atoms with van der Waals surface area (Å²) in [4.78, 5) is 21.8. The zero-order chi connectivity index (χ0) is 16.4. The van der Waals surface area contributed by atoms with Gasteiger partial charge in [-0.3, -0.25) is 9.59 Å². The number of carboxylic acids is 1. The summed E-state index contributed by atoms with van der Waals surface area (Å²) in [5, 5.41) is 30.8. The number of hydrogen-bond donors (Lipinski definition) is 4. The van der Waals surface area contributed by atoms with Gasteiger partial charge in [0, 0.05) is 24.5 Å². The third-order valence-corrected chi connectivity index (χ3v) is 2.95. The van der Waals surface area contributed by atoms with Crippen LogP contribution in [0.15, 0.2) is 23.3 Å². The molecule has 1 rings (SSSR count). The number of amides is 1. The molecule has 0 bridgehead atoms. The molecule has 0 aliphatic carbocycles. The molecule has 1 amide bonds. The lowest BCUT2D eigenvalue weighted by atomic mass is 10.1. The number of aromatic hydroxyl groups is 2. The van der Waals surface area contributed by atoms with Crippen LogP contribution in [-0.4, -0.2) is 33.4 Å². The molecule has 0 radical (unpaired) electrons. The number of carboxylic acid groups (broad SMARTS) is 1. The Kier molecular flexibility index (Phi) is 7.45. The molecule has 0 fully saturated rings. The number of nitrogens with zero attached hydrogens (tertiary/aromatic N) is 1.